The molecule has 16 heavy (non-hydrogen) atoms. The standard InChI is InChI=1S/C15H26O/c1-10-5-6-15-9-14(4,16)12(15)8-13(2,3)7-11(10)15/h10-12,16H,5-9H2,1-4H3. The molecule has 3 rings (SSSR count). The lowest BCUT2D eigenvalue weighted by atomic mass is 9.40. The molecule has 0 heterocycles. The Morgan fingerprint density at radius 1 is 1.12 bits per heavy atom. The first-order valence-corrected chi connectivity index (χ1v) is 6.99. The third-order valence-electron chi connectivity index (χ3n) is 6.15. The van der Waals surface area contributed by atoms with Crippen molar-refractivity contribution in [1.82, 2.24) is 0 Å². The summed E-state index contributed by atoms with van der Waals surface area (Å²) in [5, 5.41) is 10.5. The Kier molecular flexibility index (Phi) is 1.98. The second-order valence-electron chi connectivity index (χ2n) is 8.01. The Bertz CT molecular complexity index is 317. The molecule has 0 aromatic carbocycles. The largest absolute Gasteiger partial charge is 0.390 e. The van der Waals surface area contributed by atoms with Crippen LogP contribution in [0.15, 0.2) is 0 Å². The first-order valence-electron chi connectivity index (χ1n) is 6.99. The Balaban J connectivity index is 1.96. The van der Waals surface area contributed by atoms with Crippen LogP contribution in [0.2, 0.25) is 0 Å². The van der Waals surface area contributed by atoms with Gasteiger partial charge in [0, 0.05) is 0 Å². The molecular weight excluding hydrogens is 196 g/mol. The van der Waals surface area contributed by atoms with Crippen molar-refractivity contribution in [2.75, 3.05) is 0 Å². The van der Waals surface area contributed by atoms with Gasteiger partial charge in [-0.25, -0.2) is 0 Å². The molecule has 0 bridgehead atoms. The normalized spacial score (nSPS) is 58.7. The van der Waals surface area contributed by atoms with Crippen molar-refractivity contribution in [3.63, 3.8) is 0 Å². The van der Waals surface area contributed by atoms with Gasteiger partial charge in [-0.15, -0.1) is 0 Å². The molecule has 0 aromatic heterocycles. The van der Waals surface area contributed by atoms with E-state index in [1.807, 2.05) is 0 Å². The molecule has 0 aliphatic heterocycles. The van der Waals surface area contributed by atoms with Crippen LogP contribution in [0.5, 0.6) is 0 Å². The summed E-state index contributed by atoms with van der Waals surface area (Å²) in [6.07, 6.45) is 6.49. The van der Waals surface area contributed by atoms with E-state index in [0.29, 0.717) is 16.7 Å². The van der Waals surface area contributed by atoms with Crippen molar-refractivity contribution < 1.29 is 5.11 Å². The lowest BCUT2D eigenvalue weighted by Crippen LogP contribution is -2.65. The van der Waals surface area contributed by atoms with Gasteiger partial charge in [-0.1, -0.05) is 20.8 Å². The van der Waals surface area contributed by atoms with Crippen LogP contribution in [0, 0.1) is 28.6 Å². The van der Waals surface area contributed by atoms with E-state index in [1.165, 1.54) is 25.7 Å². The minimum atomic E-state index is -0.361. The maximum absolute atomic E-state index is 10.5. The fourth-order valence-corrected chi connectivity index (χ4v) is 5.56. The van der Waals surface area contributed by atoms with E-state index in [2.05, 4.69) is 27.7 Å². The zero-order valence-corrected chi connectivity index (χ0v) is 11.2. The van der Waals surface area contributed by atoms with E-state index in [-0.39, 0.29) is 5.60 Å². The topological polar surface area (TPSA) is 20.2 Å². The average molecular weight is 222 g/mol. The molecule has 1 nitrogen and oxygen atoms in total. The third-order valence-corrected chi connectivity index (χ3v) is 6.15. The van der Waals surface area contributed by atoms with Crippen molar-refractivity contribution >= 4 is 0 Å². The van der Waals surface area contributed by atoms with Crippen molar-refractivity contribution in [2.24, 2.45) is 28.6 Å². The van der Waals surface area contributed by atoms with Crippen molar-refractivity contribution in [3.05, 3.63) is 0 Å². The van der Waals surface area contributed by atoms with Crippen molar-refractivity contribution in [2.45, 2.75) is 65.4 Å². The zero-order valence-electron chi connectivity index (χ0n) is 11.2. The number of hydrogen-bond acceptors (Lipinski definition) is 1. The van der Waals surface area contributed by atoms with E-state index in [4.69, 9.17) is 0 Å². The Hall–Kier alpha value is -0.0400. The summed E-state index contributed by atoms with van der Waals surface area (Å²) in [5.41, 5.74) is 0.625. The predicted octanol–water partition coefficient (Wildman–Crippen LogP) is 3.61. The highest BCUT2D eigenvalue weighted by atomic mass is 16.3. The van der Waals surface area contributed by atoms with Crippen LogP contribution >= 0.6 is 0 Å². The van der Waals surface area contributed by atoms with Gasteiger partial charge in [0.2, 0.25) is 0 Å². The number of hydrogen-bond donors (Lipinski definition) is 1. The van der Waals surface area contributed by atoms with E-state index in [9.17, 15) is 5.11 Å². The molecule has 3 saturated carbocycles. The Morgan fingerprint density at radius 2 is 1.81 bits per heavy atom. The van der Waals surface area contributed by atoms with Gasteiger partial charge < -0.3 is 5.11 Å². The highest BCUT2D eigenvalue weighted by Gasteiger charge is 2.68. The minimum Gasteiger partial charge on any atom is -0.390 e. The van der Waals surface area contributed by atoms with Crippen LogP contribution in [-0.4, -0.2) is 10.7 Å². The molecule has 92 valence electrons. The van der Waals surface area contributed by atoms with Gasteiger partial charge in [-0.2, -0.15) is 0 Å². The average Bonchev–Trinajstić information content (AvgIpc) is 2.44. The maximum atomic E-state index is 10.5. The summed E-state index contributed by atoms with van der Waals surface area (Å²) < 4.78 is 0. The van der Waals surface area contributed by atoms with Gasteiger partial charge in [-0.3, -0.25) is 0 Å². The van der Waals surface area contributed by atoms with E-state index < -0.39 is 0 Å². The van der Waals surface area contributed by atoms with Crippen molar-refractivity contribution in [3.8, 4) is 0 Å². The summed E-state index contributed by atoms with van der Waals surface area (Å²) in [7, 11) is 0. The van der Waals surface area contributed by atoms with Gasteiger partial charge in [-0.05, 0) is 67.6 Å². The van der Waals surface area contributed by atoms with Crippen LogP contribution in [0.4, 0.5) is 0 Å². The molecule has 1 heteroatoms. The molecule has 1 N–H and O–H groups in total. The van der Waals surface area contributed by atoms with Crippen molar-refractivity contribution in [1.29, 1.82) is 0 Å². The smallest absolute Gasteiger partial charge is 0.0658 e. The molecule has 0 radical (unpaired) electrons. The highest BCUT2D eigenvalue weighted by Crippen LogP contribution is 2.72. The molecule has 0 aromatic rings. The van der Waals surface area contributed by atoms with Gasteiger partial charge in [0.15, 0.2) is 0 Å². The number of aliphatic hydroxyl groups is 1. The van der Waals surface area contributed by atoms with E-state index >= 15 is 0 Å². The lowest BCUT2D eigenvalue weighted by Gasteiger charge is -2.66. The molecule has 1 spiro atoms. The van der Waals surface area contributed by atoms with Crippen LogP contribution in [0.1, 0.15) is 59.8 Å². The van der Waals surface area contributed by atoms with Gasteiger partial charge >= 0.3 is 0 Å². The van der Waals surface area contributed by atoms with Crippen LogP contribution in [-0.2, 0) is 0 Å². The third kappa shape index (κ3) is 1.21. The molecule has 3 aliphatic carbocycles. The van der Waals surface area contributed by atoms with Crippen LogP contribution < -0.4 is 0 Å². The Labute approximate surface area is 99.6 Å². The summed E-state index contributed by atoms with van der Waals surface area (Å²) >= 11 is 0. The summed E-state index contributed by atoms with van der Waals surface area (Å²) in [4.78, 5) is 0. The molecular formula is C15H26O. The molecule has 0 amide bonds. The summed E-state index contributed by atoms with van der Waals surface area (Å²) in [6.45, 7) is 9.31. The second-order valence-corrected chi connectivity index (χ2v) is 8.01. The lowest BCUT2D eigenvalue weighted by molar-refractivity contribution is -0.237. The minimum absolute atomic E-state index is 0.361. The molecule has 0 saturated heterocycles. The maximum Gasteiger partial charge on any atom is 0.0658 e. The van der Waals surface area contributed by atoms with Crippen LogP contribution in [0.3, 0.4) is 0 Å². The Morgan fingerprint density at radius 3 is 2.44 bits per heavy atom. The summed E-state index contributed by atoms with van der Waals surface area (Å²) in [5.74, 6) is 2.36. The van der Waals surface area contributed by atoms with Crippen LogP contribution in [0.25, 0.3) is 0 Å². The zero-order chi connectivity index (χ0) is 11.8. The fraction of sp³-hybridized carbons (Fsp3) is 1.00. The molecule has 3 aliphatic rings. The molecule has 5 unspecified atom stereocenters. The quantitative estimate of drug-likeness (QED) is 0.664. The summed E-state index contributed by atoms with van der Waals surface area (Å²) in [6, 6.07) is 0. The van der Waals surface area contributed by atoms with Gasteiger partial charge in [0.1, 0.15) is 0 Å². The monoisotopic (exact) mass is 222 g/mol. The van der Waals surface area contributed by atoms with E-state index in [1.54, 1.807) is 0 Å². The molecule has 5 atom stereocenters. The first kappa shape index (κ1) is 11.1. The van der Waals surface area contributed by atoms with Gasteiger partial charge in [0.05, 0.1) is 5.60 Å². The van der Waals surface area contributed by atoms with E-state index in [0.717, 1.165) is 18.3 Å². The SMILES string of the molecule is CC1CCC23CC(C)(O)C2CC(C)(C)CC13. The van der Waals surface area contributed by atoms with Gasteiger partial charge in [0.25, 0.3) is 0 Å². The predicted molar refractivity (Wildman–Crippen MR) is 66.1 cm³/mol. The molecule has 3 fully saturated rings. The number of rotatable bonds is 0. The second kappa shape index (κ2) is 2.85. The fourth-order valence-electron chi connectivity index (χ4n) is 5.56. The highest BCUT2D eigenvalue weighted by molar-refractivity contribution is 5.18. The first-order chi connectivity index (χ1) is 7.27.